The molecule has 0 aromatic heterocycles. The average Bonchev–Trinajstić information content (AvgIpc) is 3.12. The third-order valence-corrected chi connectivity index (χ3v) is 6.66. The normalized spacial score (nSPS) is 25.6. The summed E-state index contributed by atoms with van der Waals surface area (Å²) in [6, 6.07) is 5.81. The molecule has 3 atom stereocenters. The number of carbonyl (C=O) groups is 1. The number of nitrogens with zero attached hydrogens (tertiary/aromatic N) is 1. The van der Waals surface area contributed by atoms with Gasteiger partial charge in [0.25, 0.3) is 0 Å². The molecule has 3 unspecified atom stereocenters. The van der Waals surface area contributed by atoms with E-state index in [4.69, 9.17) is 16.5 Å². The van der Waals surface area contributed by atoms with E-state index in [-0.39, 0.29) is 23.2 Å². The Morgan fingerprint density at radius 2 is 2.15 bits per heavy atom. The highest BCUT2D eigenvalue weighted by molar-refractivity contribution is 6.11. The summed E-state index contributed by atoms with van der Waals surface area (Å²) in [4.78, 5) is 16.6. The number of hydrogen-bond donors (Lipinski definition) is 2. The molecule has 34 heavy (non-hydrogen) atoms. The van der Waals surface area contributed by atoms with Crippen molar-refractivity contribution in [2.45, 2.75) is 52.5 Å². The maximum Gasteiger partial charge on any atom is 0.217 e. The Bertz CT molecular complexity index is 1130. The second-order valence-corrected chi connectivity index (χ2v) is 9.02. The van der Waals surface area contributed by atoms with E-state index >= 15 is 0 Å². The number of nitrogens with one attached hydrogen (secondary N) is 2. The molecule has 178 valence electrons. The third-order valence-electron chi connectivity index (χ3n) is 6.66. The fourth-order valence-corrected chi connectivity index (χ4v) is 4.88. The number of carbonyl (C=O) groups excluding carboxylic acids is 1. The van der Waals surface area contributed by atoms with Crippen molar-refractivity contribution in [3.63, 3.8) is 0 Å². The molecule has 6 heteroatoms. The first kappa shape index (κ1) is 25.0. The highest BCUT2D eigenvalue weighted by atomic mass is 19.1. The lowest BCUT2D eigenvalue weighted by atomic mass is 9.67. The van der Waals surface area contributed by atoms with E-state index in [9.17, 15) is 9.18 Å². The van der Waals surface area contributed by atoms with E-state index in [0.717, 1.165) is 30.5 Å². The molecule has 0 bridgehead atoms. The average molecular weight is 460 g/mol. The van der Waals surface area contributed by atoms with Gasteiger partial charge in [-0.15, -0.1) is 0 Å². The van der Waals surface area contributed by atoms with Crippen LogP contribution >= 0.6 is 0 Å². The standard InChI is InChI=1S/C28H32FN4O/c1-4-5-20(17-30)6-11-26(32-19(2)34)14-22-7-8-23-15-27(21(18-31)16-28(22,23)3)33-25-12-9-24(29)10-13-25/h4-5,9-10,12-13,15,17-18,22,26,30H,7-8,14,16H2,1-3H3,(H2,31,33)(H,32,34)/q-1. The van der Waals surface area contributed by atoms with Gasteiger partial charge in [0.05, 0.1) is 17.4 Å². The zero-order valence-electron chi connectivity index (χ0n) is 20.0. The van der Waals surface area contributed by atoms with E-state index < -0.39 is 0 Å². The number of amides is 1. The van der Waals surface area contributed by atoms with E-state index in [2.05, 4.69) is 30.2 Å². The quantitative estimate of drug-likeness (QED) is 0.424. The minimum Gasteiger partial charge on any atom is -0.704 e. The van der Waals surface area contributed by atoms with Crippen molar-refractivity contribution in [1.29, 1.82) is 0 Å². The number of benzene rings is 1. The number of nitrogens with two attached hydrogens (primary N) is 1. The van der Waals surface area contributed by atoms with Crippen molar-refractivity contribution < 1.29 is 9.18 Å². The van der Waals surface area contributed by atoms with Gasteiger partial charge in [0.2, 0.25) is 5.91 Å². The van der Waals surface area contributed by atoms with Crippen LogP contribution in [0.15, 0.2) is 76.6 Å². The van der Waals surface area contributed by atoms with Gasteiger partial charge in [0.1, 0.15) is 5.82 Å². The molecule has 1 saturated carbocycles. The van der Waals surface area contributed by atoms with E-state index in [1.165, 1.54) is 30.8 Å². The Hall–Kier alpha value is -3.59. The molecule has 1 aromatic rings. The van der Waals surface area contributed by atoms with Gasteiger partial charge in [-0.1, -0.05) is 36.5 Å². The molecule has 0 radical (unpaired) electrons. The number of halogens is 1. The molecule has 1 amide bonds. The number of allylic oxidation sites excluding steroid dienone is 6. The largest absolute Gasteiger partial charge is 0.704 e. The molecule has 0 spiro atoms. The van der Waals surface area contributed by atoms with E-state index in [0.29, 0.717) is 23.6 Å². The fraction of sp³-hybridized carbons (Fsp3) is 0.357. The van der Waals surface area contributed by atoms with Gasteiger partial charge < -0.3 is 16.8 Å². The molecule has 0 saturated heterocycles. The lowest BCUT2D eigenvalue weighted by Gasteiger charge is -2.38. The highest BCUT2D eigenvalue weighted by Gasteiger charge is 2.46. The monoisotopic (exact) mass is 459 g/mol. The minimum atomic E-state index is -0.307. The van der Waals surface area contributed by atoms with Crippen LogP contribution in [0.25, 0.3) is 5.73 Å². The van der Waals surface area contributed by atoms with Crippen molar-refractivity contribution in [3.05, 3.63) is 83.2 Å². The number of hydrogen-bond acceptors (Lipinski definition) is 3. The lowest BCUT2D eigenvalue weighted by molar-refractivity contribution is -0.119. The first-order chi connectivity index (χ1) is 16.3. The van der Waals surface area contributed by atoms with Crippen molar-refractivity contribution in [2.24, 2.45) is 22.1 Å². The predicted octanol–water partition coefficient (Wildman–Crippen LogP) is 5.90. The molecule has 4 N–H and O–H groups in total. The molecule has 0 heterocycles. The van der Waals surface area contributed by atoms with Gasteiger partial charge in [-0.2, -0.15) is 6.20 Å². The lowest BCUT2D eigenvalue weighted by Crippen LogP contribution is -2.37. The van der Waals surface area contributed by atoms with Gasteiger partial charge in [-0.25, -0.2) is 9.38 Å². The molecule has 1 aromatic carbocycles. The summed E-state index contributed by atoms with van der Waals surface area (Å²) in [6.45, 7) is 5.63. The van der Waals surface area contributed by atoms with Gasteiger partial charge in [0, 0.05) is 12.5 Å². The molecule has 1 fully saturated rings. The van der Waals surface area contributed by atoms with Crippen LogP contribution in [-0.4, -0.2) is 17.7 Å². The van der Waals surface area contributed by atoms with Gasteiger partial charge in [0.15, 0.2) is 0 Å². The Kier molecular flexibility index (Phi) is 8.12. The summed E-state index contributed by atoms with van der Waals surface area (Å²) in [5, 5.41) is 2.97. The van der Waals surface area contributed by atoms with E-state index in [1.54, 1.807) is 24.4 Å². The number of rotatable bonds is 5. The molecule has 0 aliphatic heterocycles. The summed E-state index contributed by atoms with van der Waals surface area (Å²) >= 11 is 0. The fourth-order valence-electron chi connectivity index (χ4n) is 4.88. The summed E-state index contributed by atoms with van der Waals surface area (Å²) in [7, 11) is 0. The zero-order valence-corrected chi connectivity index (χ0v) is 20.0. The highest BCUT2D eigenvalue weighted by Crippen LogP contribution is 2.55. The molecule has 5 nitrogen and oxygen atoms in total. The SMILES string of the molecule is CC=CC(C#CC(CC1CCC2=CC(=Nc3ccc(F)cc3)C(=CN)CC21C)NC(C)=O)=C[NH-]. The minimum absolute atomic E-state index is 0.108. The summed E-state index contributed by atoms with van der Waals surface area (Å²) in [6.07, 6.45) is 12.0. The summed E-state index contributed by atoms with van der Waals surface area (Å²) in [5.74, 6) is 6.07. The molecule has 2 aliphatic carbocycles. The second-order valence-electron chi connectivity index (χ2n) is 9.02. The Morgan fingerprint density at radius 1 is 1.41 bits per heavy atom. The Balaban J connectivity index is 1.88. The number of aliphatic imine (C=N–C) groups is 1. The van der Waals surface area contributed by atoms with Gasteiger partial charge in [-0.05, 0) is 86.1 Å². The first-order valence-electron chi connectivity index (χ1n) is 11.5. The van der Waals surface area contributed by atoms with Crippen molar-refractivity contribution in [2.75, 3.05) is 0 Å². The first-order valence-corrected chi connectivity index (χ1v) is 11.5. The summed E-state index contributed by atoms with van der Waals surface area (Å²) in [5.41, 5.74) is 17.8. The predicted molar refractivity (Wildman–Crippen MR) is 137 cm³/mol. The molecular weight excluding hydrogens is 427 g/mol. The topological polar surface area (TPSA) is 91.3 Å². The third kappa shape index (κ3) is 5.85. The number of fused-ring (bicyclic) bond motifs is 1. The second kappa shape index (κ2) is 11.0. The van der Waals surface area contributed by atoms with Gasteiger partial charge >= 0.3 is 0 Å². The van der Waals surface area contributed by atoms with Crippen LogP contribution < -0.4 is 11.1 Å². The van der Waals surface area contributed by atoms with Crippen molar-refractivity contribution in [1.82, 2.24) is 5.32 Å². The van der Waals surface area contributed by atoms with Crippen LogP contribution in [0, 0.1) is 29.0 Å². The van der Waals surface area contributed by atoms with Crippen LogP contribution in [0.1, 0.15) is 46.5 Å². The van der Waals surface area contributed by atoms with Crippen LogP contribution in [0.4, 0.5) is 10.1 Å². The van der Waals surface area contributed by atoms with Crippen LogP contribution in [0.2, 0.25) is 0 Å². The van der Waals surface area contributed by atoms with Crippen LogP contribution in [-0.2, 0) is 4.79 Å². The maximum absolute atomic E-state index is 13.3. The van der Waals surface area contributed by atoms with Crippen molar-refractivity contribution >= 4 is 17.3 Å². The molecule has 3 rings (SSSR count). The Labute approximate surface area is 201 Å². The van der Waals surface area contributed by atoms with Crippen LogP contribution in [0.5, 0.6) is 0 Å². The molecular formula is C28H32FN4O-. The van der Waals surface area contributed by atoms with Gasteiger partial charge in [-0.3, -0.25) is 4.79 Å². The summed E-state index contributed by atoms with van der Waals surface area (Å²) < 4.78 is 13.3. The van der Waals surface area contributed by atoms with E-state index in [1.807, 2.05) is 13.0 Å². The molecule has 2 aliphatic rings. The maximum atomic E-state index is 13.3. The zero-order chi connectivity index (χ0) is 24.7. The Morgan fingerprint density at radius 3 is 2.76 bits per heavy atom. The smallest absolute Gasteiger partial charge is 0.217 e. The van der Waals surface area contributed by atoms with Crippen LogP contribution in [0.3, 0.4) is 0 Å². The van der Waals surface area contributed by atoms with Crippen molar-refractivity contribution in [3.8, 4) is 11.8 Å².